The number of benzene rings is 1. The summed E-state index contributed by atoms with van der Waals surface area (Å²) >= 11 is 1.41. The van der Waals surface area contributed by atoms with Gasteiger partial charge >= 0.3 is 0 Å². The molecule has 6 heteroatoms. The summed E-state index contributed by atoms with van der Waals surface area (Å²) in [4.78, 5) is 0. The Hall–Kier alpha value is -1.66. The van der Waals surface area contributed by atoms with E-state index in [0.717, 1.165) is 10.6 Å². The van der Waals surface area contributed by atoms with E-state index in [1.165, 1.54) is 11.3 Å². The zero-order chi connectivity index (χ0) is 12.3. The fourth-order valence-electron chi connectivity index (χ4n) is 1.48. The Morgan fingerprint density at radius 2 is 2.18 bits per heavy atom. The molecule has 0 saturated heterocycles. The van der Waals surface area contributed by atoms with E-state index in [0.29, 0.717) is 17.2 Å². The van der Waals surface area contributed by atoms with Gasteiger partial charge in [-0.25, -0.2) is 0 Å². The van der Waals surface area contributed by atoms with Crippen molar-refractivity contribution in [2.75, 3.05) is 11.1 Å². The van der Waals surface area contributed by atoms with Crippen molar-refractivity contribution in [2.24, 2.45) is 0 Å². The van der Waals surface area contributed by atoms with Crippen molar-refractivity contribution in [1.29, 1.82) is 0 Å². The predicted molar refractivity (Wildman–Crippen MR) is 68.8 cm³/mol. The first-order chi connectivity index (χ1) is 8.15. The number of nitrogens with zero attached hydrogens (tertiary/aromatic N) is 2. The normalized spacial score (nSPS) is 12.4. The summed E-state index contributed by atoms with van der Waals surface area (Å²) in [5.74, 6) is 0. The lowest BCUT2D eigenvalue weighted by molar-refractivity contribution is 0.204. The minimum Gasteiger partial charge on any atom is -0.399 e. The molecular weight excluding hydrogens is 236 g/mol. The molecule has 0 aliphatic heterocycles. The molecule has 0 fully saturated rings. The monoisotopic (exact) mass is 250 g/mol. The average molecular weight is 250 g/mol. The third kappa shape index (κ3) is 3.15. The number of para-hydroxylation sites is 1. The second-order valence-electron chi connectivity index (χ2n) is 3.69. The lowest BCUT2D eigenvalue weighted by Gasteiger charge is -2.12. The third-order valence-electron chi connectivity index (χ3n) is 2.28. The number of nitrogens with two attached hydrogens (primary N) is 1. The van der Waals surface area contributed by atoms with Crippen LogP contribution in [0, 0.1) is 6.92 Å². The van der Waals surface area contributed by atoms with E-state index in [1.807, 2.05) is 31.2 Å². The van der Waals surface area contributed by atoms with Crippen molar-refractivity contribution in [3.05, 3.63) is 34.8 Å². The quantitative estimate of drug-likeness (QED) is 0.564. The molecule has 2 rings (SSSR count). The Balaban J connectivity index is 1.98. The van der Waals surface area contributed by atoms with Gasteiger partial charge in [-0.2, -0.15) is 0 Å². The number of aliphatic hydroxyl groups excluding tert-OH is 1. The first-order valence-corrected chi connectivity index (χ1v) is 6.05. The minimum atomic E-state index is -0.716. The molecule has 1 aromatic carbocycles. The Labute approximate surface area is 103 Å². The molecule has 2 aromatic rings. The molecule has 90 valence electrons. The van der Waals surface area contributed by atoms with Crippen molar-refractivity contribution in [3.8, 4) is 0 Å². The summed E-state index contributed by atoms with van der Waals surface area (Å²) in [5, 5.41) is 22.0. The van der Waals surface area contributed by atoms with Gasteiger partial charge in [0.15, 0.2) is 0 Å². The van der Waals surface area contributed by atoms with Crippen LogP contribution in [-0.2, 0) is 6.42 Å². The molecule has 0 aliphatic carbocycles. The first kappa shape index (κ1) is 11.8. The fourth-order valence-corrected chi connectivity index (χ4v) is 2.11. The standard InChI is InChI=1S/C11H14N4OS/c1-7-14-15-11(17-7)13-10(16)6-8-4-2-3-5-9(8)12/h2-5,10,16H,6,12H2,1H3,(H,13,15). The summed E-state index contributed by atoms with van der Waals surface area (Å²) in [5.41, 5.74) is 7.40. The maximum absolute atomic E-state index is 9.86. The van der Waals surface area contributed by atoms with Crippen molar-refractivity contribution >= 4 is 22.2 Å². The molecular formula is C11H14N4OS. The van der Waals surface area contributed by atoms with E-state index in [-0.39, 0.29) is 0 Å². The minimum absolute atomic E-state index is 0.436. The number of nitrogen functional groups attached to an aromatic ring is 1. The maximum Gasteiger partial charge on any atom is 0.207 e. The fraction of sp³-hybridized carbons (Fsp3) is 0.273. The van der Waals surface area contributed by atoms with E-state index < -0.39 is 6.23 Å². The topological polar surface area (TPSA) is 84.1 Å². The summed E-state index contributed by atoms with van der Waals surface area (Å²) in [6.07, 6.45) is -0.280. The Morgan fingerprint density at radius 1 is 1.41 bits per heavy atom. The van der Waals surface area contributed by atoms with E-state index in [9.17, 15) is 5.11 Å². The maximum atomic E-state index is 9.86. The Bertz CT molecular complexity index is 500. The van der Waals surface area contributed by atoms with Crippen molar-refractivity contribution in [2.45, 2.75) is 19.6 Å². The van der Waals surface area contributed by atoms with Crippen LogP contribution in [-0.4, -0.2) is 21.5 Å². The number of aromatic nitrogens is 2. The van der Waals surface area contributed by atoms with Crippen molar-refractivity contribution in [1.82, 2.24) is 10.2 Å². The Kier molecular flexibility index (Phi) is 3.55. The highest BCUT2D eigenvalue weighted by atomic mass is 32.1. The van der Waals surface area contributed by atoms with Crippen LogP contribution in [0.4, 0.5) is 10.8 Å². The second-order valence-corrected chi connectivity index (χ2v) is 4.87. The number of hydrogen-bond donors (Lipinski definition) is 3. The summed E-state index contributed by atoms with van der Waals surface area (Å²) < 4.78 is 0. The molecule has 17 heavy (non-hydrogen) atoms. The number of aliphatic hydroxyl groups is 1. The third-order valence-corrected chi connectivity index (χ3v) is 3.05. The lowest BCUT2D eigenvalue weighted by Crippen LogP contribution is -2.21. The van der Waals surface area contributed by atoms with Gasteiger partial charge in [-0.05, 0) is 18.6 Å². The zero-order valence-corrected chi connectivity index (χ0v) is 10.2. The zero-order valence-electron chi connectivity index (χ0n) is 9.42. The van der Waals surface area contributed by atoms with E-state index in [2.05, 4.69) is 15.5 Å². The van der Waals surface area contributed by atoms with Crippen LogP contribution in [0.5, 0.6) is 0 Å². The van der Waals surface area contributed by atoms with Gasteiger partial charge in [-0.3, -0.25) is 0 Å². The van der Waals surface area contributed by atoms with Crippen LogP contribution in [0.15, 0.2) is 24.3 Å². The van der Waals surface area contributed by atoms with Crippen LogP contribution >= 0.6 is 11.3 Å². The molecule has 4 N–H and O–H groups in total. The number of rotatable bonds is 4. The van der Waals surface area contributed by atoms with Gasteiger partial charge in [0, 0.05) is 12.1 Å². The molecule has 1 atom stereocenters. The highest BCUT2D eigenvalue weighted by molar-refractivity contribution is 7.15. The summed E-state index contributed by atoms with van der Waals surface area (Å²) in [7, 11) is 0. The molecule has 0 radical (unpaired) electrons. The SMILES string of the molecule is Cc1nnc(NC(O)Cc2ccccc2N)s1. The van der Waals surface area contributed by atoms with Gasteiger partial charge in [0.1, 0.15) is 11.2 Å². The molecule has 0 spiro atoms. The highest BCUT2D eigenvalue weighted by Crippen LogP contribution is 2.17. The van der Waals surface area contributed by atoms with E-state index in [1.54, 1.807) is 0 Å². The van der Waals surface area contributed by atoms with Crippen LogP contribution in [0.3, 0.4) is 0 Å². The van der Waals surface area contributed by atoms with Crippen molar-refractivity contribution in [3.63, 3.8) is 0 Å². The number of hydrogen-bond acceptors (Lipinski definition) is 6. The average Bonchev–Trinajstić information content (AvgIpc) is 2.67. The van der Waals surface area contributed by atoms with Crippen molar-refractivity contribution < 1.29 is 5.11 Å². The molecule has 5 nitrogen and oxygen atoms in total. The van der Waals surface area contributed by atoms with Gasteiger partial charge in [-0.1, -0.05) is 29.5 Å². The highest BCUT2D eigenvalue weighted by Gasteiger charge is 2.09. The van der Waals surface area contributed by atoms with Crippen LogP contribution < -0.4 is 11.1 Å². The van der Waals surface area contributed by atoms with Gasteiger partial charge in [0.05, 0.1) is 0 Å². The van der Waals surface area contributed by atoms with Crippen LogP contribution in [0.25, 0.3) is 0 Å². The van der Waals surface area contributed by atoms with Crippen LogP contribution in [0.1, 0.15) is 10.6 Å². The smallest absolute Gasteiger partial charge is 0.207 e. The predicted octanol–water partition coefficient (Wildman–Crippen LogP) is 1.40. The molecule has 0 bridgehead atoms. The van der Waals surface area contributed by atoms with Crippen LogP contribution in [0.2, 0.25) is 0 Å². The number of nitrogens with one attached hydrogen (secondary N) is 1. The van der Waals surface area contributed by atoms with Gasteiger partial charge in [-0.15, -0.1) is 10.2 Å². The molecule has 0 aliphatic rings. The molecule has 0 saturated carbocycles. The summed E-state index contributed by atoms with van der Waals surface area (Å²) in [6, 6.07) is 7.48. The molecule has 1 unspecified atom stereocenters. The Morgan fingerprint density at radius 3 is 2.82 bits per heavy atom. The van der Waals surface area contributed by atoms with Gasteiger partial charge in [0.2, 0.25) is 5.13 Å². The lowest BCUT2D eigenvalue weighted by atomic mass is 10.1. The number of anilines is 2. The molecule has 0 amide bonds. The second kappa shape index (κ2) is 5.11. The van der Waals surface area contributed by atoms with Gasteiger partial charge in [0.25, 0.3) is 0 Å². The van der Waals surface area contributed by atoms with E-state index in [4.69, 9.17) is 5.73 Å². The molecule has 1 heterocycles. The van der Waals surface area contributed by atoms with Gasteiger partial charge < -0.3 is 16.2 Å². The largest absolute Gasteiger partial charge is 0.399 e. The number of aryl methyl sites for hydroxylation is 1. The first-order valence-electron chi connectivity index (χ1n) is 5.23. The van der Waals surface area contributed by atoms with E-state index >= 15 is 0 Å². The summed E-state index contributed by atoms with van der Waals surface area (Å²) in [6.45, 7) is 1.87. The molecule has 1 aromatic heterocycles.